The van der Waals surface area contributed by atoms with E-state index < -0.39 is 0 Å². The van der Waals surface area contributed by atoms with Gasteiger partial charge in [-0.2, -0.15) is 0 Å². The topological polar surface area (TPSA) is 35.2 Å². The second-order valence-corrected chi connectivity index (χ2v) is 6.30. The third kappa shape index (κ3) is 3.81. The molecule has 0 aliphatic rings. The van der Waals surface area contributed by atoms with E-state index in [0.717, 1.165) is 10.0 Å². The van der Waals surface area contributed by atoms with Gasteiger partial charge in [-0.25, -0.2) is 4.39 Å². The molecule has 0 bridgehead atoms. The van der Waals surface area contributed by atoms with Crippen molar-refractivity contribution >= 4 is 31.9 Å². The van der Waals surface area contributed by atoms with Crippen LogP contribution in [-0.4, -0.2) is 6.04 Å². The third-order valence-corrected chi connectivity index (χ3v) is 3.97. The highest BCUT2D eigenvalue weighted by Gasteiger charge is 2.18. The molecule has 2 nitrogen and oxygen atoms in total. The lowest BCUT2D eigenvalue weighted by molar-refractivity contribution is 0.180. The minimum Gasteiger partial charge on any atom is -0.484 e. The van der Waals surface area contributed by atoms with Crippen LogP contribution in [0.3, 0.4) is 0 Å². The van der Waals surface area contributed by atoms with E-state index in [2.05, 4.69) is 31.9 Å². The van der Waals surface area contributed by atoms with E-state index >= 15 is 0 Å². The standard InChI is InChI=1S/C15H14Br2FNO/c1-9(19)15(10-2-4-11(16)5-3-10)20-12-6-7-14(18)13(17)8-12/h2-9,15H,19H2,1H3. The Kier molecular flexibility index (Phi) is 5.18. The van der Waals surface area contributed by atoms with Crippen LogP contribution >= 0.6 is 31.9 Å². The molecule has 2 rings (SSSR count). The highest BCUT2D eigenvalue weighted by atomic mass is 79.9. The summed E-state index contributed by atoms with van der Waals surface area (Å²) < 4.78 is 20.5. The van der Waals surface area contributed by atoms with Gasteiger partial charge < -0.3 is 10.5 Å². The zero-order valence-electron chi connectivity index (χ0n) is 10.8. The summed E-state index contributed by atoms with van der Waals surface area (Å²) >= 11 is 6.54. The minimum absolute atomic E-state index is 0.194. The first-order valence-electron chi connectivity index (χ1n) is 6.10. The second-order valence-electron chi connectivity index (χ2n) is 4.53. The molecule has 0 fully saturated rings. The van der Waals surface area contributed by atoms with E-state index in [-0.39, 0.29) is 18.0 Å². The first-order chi connectivity index (χ1) is 9.47. The summed E-state index contributed by atoms with van der Waals surface area (Å²) in [5.41, 5.74) is 6.98. The molecule has 0 radical (unpaired) electrons. The molecular formula is C15H14Br2FNO. The summed E-state index contributed by atoms with van der Waals surface area (Å²) in [5.74, 6) is 0.252. The molecule has 20 heavy (non-hydrogen) atoms. The molecule has 0 amide bonds. The monoisotopic (exact) mass is 401 g/mol. The van der Waals surface area contributed by atoms with Crippen molar-refractivity contribution in [2.24, 2.45) is 5.73 Å². The quantitative estimate of drug-likeness (QED) is 0.795. The van der Waals surface area contributed by atoms with Crippen LogP contribution in [0, 0.1) is 5.82 Å². The Morgan fingerprint density at radius 1 is 1.10 bits per heavy atom. The van der Waals surface area contributed by atoms with Crippen LogP contribution in [-0.2, 0) is 0 Å². The Morgan fingerprint density at radius 3 is 2.30 bits per heavy atom. The lowest BCUT2D eigenvalue weighted by Gasteiger charge is -2.23. The Balaban J connectivity index is 2.25. The summed E-state index contributed by atoms with van der Waals surface area (Å²) in [4.78, 5) is 0. The van der Waals surface area contributed by atoms with Crippen LogP contribution in [0.4, 0.5) is 4.39 Å². The van der Waals surface area contributed by atoms with Gasteiger partial charge in [-0.3, -0.25) is 0 Å². The largest absolute Gasteiger partial charge is 0.484 e. The summed E-state index contributed by atoms with van der Waals surface area (Å²) in [7, 11) is 0. The molecule has 2 aromatic carbocycles. The summed E-state index contributed by atoms with van der Waals surface area (Å²) in [6.07, 6.45) is -0.291. The third-order valence-electron chi connectivity index (χ3n) is 2.83. The van der Waals surface area contributed by atoms with Gasteiger partial charge in [0.2, 0.25) is 0 Å². The molecule has 0 heterocycles. The number of hydrogen-bond donors (Lipinski definition) is 1. The number of rotatable bonds is 4. The van der Waals surface area contributed by atoms with Gasteiger partial charge in [0, 0.05) is 10.5 Å². The summed E-state index contributed by atoms with van der Waals surface area (Å²) in [6.45, 7) is 1.88. The minimum atomic E-state index is -0.321. The van der Waals surface area contributed by atoms with Crippen LogP contribution in [0.1, 0.15) is 18.6 Å². The van der Waals surface area contributed by atoms with E-state index in [4.69, 9.17) is 10.5 Å². The zero-order valence-corrected chi connectivity index (χ0v) is 14.0. The normalized spacial score (nSPS) is 13.8. The van der Waals surface area contributed by atoms with Gasteiger partial charge in [-0.15, -0.1) is 0 Å². The molecule has 2 N–H and O–H groups in total. The number of hydrogen-bond acceptors (Lipinski definition) is 2. The molecule has 2 unspecified atom stereocenters. The number of benzene rings is 2. The van der Waals surface area contributed by atoms with Gasteiger partial charge in [-0.1, -0.05) is 28.1 Å². The molecule has 0 spiro atoms. The van der Waals surface area contributed by atoms with E-state index in [1.807, 2.05) is 31.2 Å². The fourth-order valence-electron chi connectivity index (χ4n) is 1.83. The molecular weight excluding hydrogens is 389 g/mol. The Hall–Kier alpha value is -0.910. The number of halogens is 3. The highest BCUT2D eigenvalue weighted by molar-refractivity contribution is 9.10. The number of nitrogens with two attached hydrogens (primary N) is 1. The SMILES string of the molecule is CC(N)C(Oc1ccc(F)c(Br)c1)c1ccc(Br)cc1. The molecule has 0 saturated carbocycles. The van der Waals surface area contributed by atoms with Gasteiger partial charge in [0.15, 0.2) is 0 Å². The van der Waals surface area contributed by atoms with Crippen LogP contribution in [0.2, 0.25) is 0 Å². The van der Waals surface area contributed by atoms with Crippen LogP contribution in [0.5, 0.6) is 5.75 Å². The fourth-order valence-corrected chi connectivity index (χ4v) is 2.45. The molecule has 0 saturated heterocycles. The van der Waals surface area contributed by atoms with Crippen molar-refractivity contribution < 1.29 is 9.13 Å². The van der Waals surface area contributed by atoms with Crippen molar-refractivity contribution in [1.29, 1.82) is 0 Å². The van der Waals surface area contributed by atoms with Gasteiger partial charge in [-0.05, 0) is 58.7 Å². The molecule has 2 aromatic rings. The molecule has 106 valence electrons. The first-order valence-corrected chi connectivity index (χ1v) is 7.68. The molecule has 0 aromatic heterocycles. The van der Waals surface area contributed by atoms with Gasteiger partial charge in [0.05, 0.1) is 4.47 Å². The summed E-state index contributed by atoms with van der Waals surface area (Å²) in [5, 5.41) is 0. The Morgan fingerprint density at radius 2 is 1.75 bits per heavy atom. The average molecular weight is 403 g/mol. The van der Waals surface area contributed by atoms with Crippen molar-refractivity contribution in [3.05, 3.63) is 62.8 Å². The van der Waals surface area contributed by atoms with Crippen molar-refractivity contribution in [3.63, 3.8) is 0 Å². The van der Waals surface area contributed by atoms with Crippen LogP contribution in [0.15, 0.2) is 51.4 Å². The first kappa shape index (κ1) is 15.5. The van der Waals surface area contributed by atoms with E-state index in [1.54, 1.807) is 12.1 Å². The Bertz CT molecular complexity index is 587. The molecule has 5 heteroatoms. The fraction of sp³-hybridized carbons (Fsp3) is 0.200. The molecule has 0 aliphatic carbocycles. The number of ether oxygens (including phenoxy) is 1. The molecule has 0 aliphatic heterocycles. The van der Waals surface area contributed by atoms with Crippen LogP contribution < -0.4 is 10.5 Å². The van der Waals surface area contributed by atoms with E-state index in [0.29, 0.717) is 10.2 Å². The maximum Gasteiger partial charge on any atom is 0.138 e. The van der Waals surface area contributed by atoms with Crippen molar-refractivity contribution in [2.45, 2.75) is 19.1 Å². The van der Waals surface area contributed by atoms with E-state index in [9.17, 15) is 4.39 Å². The maximum absolute atomic E-state index is 13.2. The second kappa shape index (κ2) is 6.70. The average Bonchev–Trinajstić information content (AvgIpc) is 2.41. The maximum atomic E-state index is 13.2. The molecule has 2 atom stereocenters. The predicted molar refractivity (Wildman–Crippen MR) is 85.3 cm³/mol. The van der Waals surface area contributed by atoms with Crippen molar-refractivity contribution in [1.82, 2.24) is 0 Å². The van der Waals surface area contributed by atoms with Crippen LogP contribution in [0.25, 0.3) is 0 Å². The predicted octanol–water partition coefficient (Wildman–Crippen LogP) is 4.82. The lowest BCUT2D eigenvalue weighted by Crippen LogP contribution is -2.29. The highest BCUT2D eigenvalue weighted by Crippen LogP contribution is 2.28. The van der Waals surface area contributed by atoms with Crippen molar-refractivity contribution in [2.75, 3.05) is 0 Å². The van der Waals surface area contributed by atoms with E-state index in [1.165, 1.54) is 6.07 Å². The smallest absolute Gasteiger partial charge is 0.138 e. The van der Waals surface area contributed by atoms with Gasteiger partial charge in [0.1, 0.15) is 17.7 Å². The zero-order chi connectivity index (χ0) is 14.7. The lowest BCUT2D eigenvalue weighted by atomic mass is 10.0. The summed E-state index contributed by atoms with van der Waals surface area (Å²) in [6, 6.07) is 12.1. The van der Waals surface area contributed by atoms with Gasteiger partial charge >= 0.3 is 0 Å². The van der Waals surface area contributed by atoms with Gasteiger partial charge in [0.25, 0.3) is 0 Å². The van der Waals surface area contributed by atoms with Crippen molar-refractivity contribution in [3.8, 4) is 5.75 Å². The Labute approximate surface area is 134 Å².